The average molecular weight is 224 g/mol. The molecule has 0 fully saturated rings. The Morgan fingerprint density at radius 2 is 2.40 bits per heavy atom. The van der Waals surface area contributed by atoms with Crippen molar-refractivity contribution in [3.8, 4) is 0 Å². The standard InChI is InChI=1S/C8H5FN4OS/c9-6-3-10-2-1-5(6)7(14)12-8-13-11-4-15-8/h1-4H,(H,12,13,14). The van der Waals surface area contributed by atoms with Gasteiger partial charge in [0.25, 0.3) is 5.91 Å². The molecule has 2 heterocycles. The van der Waals surface area contributed by atoms with Gasteiger partial charge < -0.3 is 0 Å². The van der Waals surface area contributed by atoms with E-state index >= 15 is 0 Å². The molecule has 5 nitrogen and oxygen atoms in total. The first kappa shape index (κ1) is 9.66. The van der Waals surface area contributed by atoms with E-state index in [0.717, 1.165) is 17.5 Å². The van der Waals surface area contributed by atoms with Gasteiger partial charge in [0.1, 0.15) is 5.51 Å². The van der Waals surface area contributed by atoms with Crippen molar-refractivity contribution in [2.75, 3.05) is 5.32 Å². The third-order valence-corrected chi connectivity index (χ3v) is 2.20. The van der Waals surface area contributed by atoms with Crippen LogP contribution in [0.25, 0.3) is 0 Å². The Balaban J connectivity index is 2.19. The van der Waals surface area contributed by atoms with Crippen LogP contribution < -0.4 is 5.32 Å². The summed E-state index contributed by atoms with van der Waals surface area (Å²) in [6.45, 7) is 0. The third kappa shape index (κ3) is 2.13. The van der Waals surface area contributed by atoms with Gasteiger partial charge in [0.05, 0.1) is 11.8 Å². The first-order valence-corrected chi connectivity index (χ1v) is 4.82. The zero-order valence-corrected chi connectivity index (χ0v) is 8.16. The van der Waals surface area contributed by atoms with Crippen molar-refractivity contribution in [3.63, 3.8) is 0 Å². The zero-order chi connectivity index (χ0) is 10.7. The van der Waals surface area contributed by atoms with Crippen LogP contribution in [-0.4, -0.2) is 21.1 Å². The molecular formula is C8H5FN4OS. The second-order valence-corrected chi connectivity index (χ2v) is 3.39. The van der Waals surface area contributed by atoms with Gasteiger partial charge in [-0.15, -0.1) is 10.2 Å². The highest BCUT2D eigenvalue weighted by Crippen LogP contribution is 2.11. The van der Waals surface area contributed by atoms with E-state index in [4.69, 9.17) is 0 Å². The molecule has 1 amide bonds. The van der Waals surface area contributed by atoms with Crippen LogP contribution in [-0.2, 0) is 0 Å². The van der Waals surface area contributed by atoms with E-state index in [-0.39, 0.29) is 5.56 Å². The number of aromatic nitrogens is 3. The number of amides is 1. The largest absolute Gasteiger partial charge is 0.296 e. The van der Waals surface area contributed by atoms with Crippen LogP contribution in [0.4, 0.5) is 9.52 Å². The molecule has 0 aliphatic heterocycles. The number of nitrogens with one attached hydrogen (secondary N) is 1. The molecule has 2 rings (SSSR count). The summed E-state index contributed by atoms with van der Waals surface area (Å²) in [7, 11) is 0. The van der Waals surface area contributed by atoms with Gasteiger partial charge in [0.2, 0.25) is 5.13 Å². The van der Waals surface area contributed by atoms with Crippen molar-refractivity contribution in [3.05, 3.63) is 35.4 Å². The Morgan fingerprint density at radius 1 is 1.53 bits per heavy atom. The van der Waals surface area contributed by atoms with Crippen molar-refractivity contribution < 1.29 is 9.18 Å². The topological polar surface area (TPSA) is 67.8 Å². The number of anilines is 1. The number of carbonyl (C=O) groups excluding carboxylic acids is 1. The highest BCUT2D eigenvalue weighted by molar-refractivity contribution is 7.13. The van der Waals surface area contributed by atoms with E-state index in [2.05, 4.69) is 20.5 Å². The van der Waals surface area contributed by atoms with E-state index in [1.54, 1.807) is 0 Å². The molecule has 0 saturated carbocycles. The van der Waals surface area contributed by atoms with Crippen molar-refractivity contribution >= 4 is 22.4 Å². The van der Waals surface area contributed by atoms with Crippen LogP contribution in [0, 0.1) is 5.82 Å². The van der Waals surface area contributed by atoms with Crippen LogP contribution >= 0.6 is 11.3 Å². The maximum Gasteiger partial charge on any atom is 0.260 e. The fourth-order valence-corrected chi connectivity index (χ4v) is 1.39. The predicted molar refractivity (Wildman–Crippen MR) is 52.1 cm³/mol. The number of pyridine rings is 1. The van der Waals surface area contributed by atoms with Gasteiger partial charge in [-0.05, 0) is 6.07 Å². The van der Waals surface area contributed by atoms with Crippen molar-refractivity contribution in [2.45, 2.75) is 0 Å². The van der Waals surface area contributed by atoms with E-state index in [1.165, 1.54) is 17.8 Å². The van der Waals surface area contributed by atoms with Gasteiger partial charge in [0, 0.05) is 6.20 Å². The second-order valence-electron chi connectivity index (χ2n) is 2.55. The highest BCUT2D eigenvalue weighted by Gasteiger charge is 2.12. The maximum atomic E-state index is 13.1. The van der Waals surface area contributed by atoms with Crippen molar-refractivity contribution in [1.82, 2.24) is 15.2 Å². The number of hydrogen-bond acceptors (Lipinski definition) is 5. The lowest BCUT2D eigenvalue weighted by Crippen LogP contribution is -2.13. The Bertz CT molecular complexity index is 473. The molecule has 2 aromatic rings. The summed E-state index contributed by atoms with van der Waals surface area (Å²) in [5, 5.41) is 9.90. The molecular weight excluding hydrogens is 219 g/mol. The molecule has 0 saturated heterocycles. The van der Waals surface area contributed by atoms with Gasteiger partial charge in [-0.25, -0.2) is 4.39 Å². The Labute approximate surface area is 88.0 Å². The monoisotopic (exact) mass is 224 g/mol. The second kappa shape index (κ2) is 4.09. The molecule has 0 aliphatic rings. The molecule has 0 spiro atoms. The molecule has 15 heavy (non-hydrogen) atoms. The Kier molecular flexibility index (Phi) is 2.64. The average Bonchev–Trinajstić information content (AvgIpc) is 2.71. The molecule has 0 radical (unpaired) electrons. The Morgan fingerprint density at radius 3 is 3.07 bits per heavy atom. The highest BCUT2D eigenvalue weighted by atomic mass is 32.1. The number of nitrogens with zero attached hydrogens (tertiary/aromatic N) is 3. The minimum absolute atomic E-state index is 0.0693. The summed E-state index contributed by atoms with van der Waals surface area (Å²) < 4.78 is 13.1. The first-order chi connectivity index (χ1) is 7.27. The quantitative estimate of drug-likeness (QED) is 0.835. The number of halogens is 1. The molecule has 0 bridgehead atoms. The van der Waals surface area contributed by atoms with Gasteiger partial charge in [-0.1, -0.05) is 11.3 Å². The zero-order valence-electron chi connectivity index (χ0n) is 7.35. The smallest absolute Gasteiger partial charge is 0.260 e. The van der Waals surface area contributed by atoms with Crippen molar-refractivity contribution in [1.29, 1.82) is 0 Å². The molecule has 7 heteroatoms. The molecule has 0 aromatic carbocycles. The van der Waals surface area contributed by atoms with Crippen LogP contribution in [0.2, 0.25) is 0 Å². The minimum Gasteiger partial charge on any atom is -0.296 e. The lowest BCUT2D eigenvalue weighted by atomic mass is 10.2. The van der Waals surface area contributed by atoms with E-state index in [0.29, 0.717) is 5.13 Å². The summed E-state index contributed by atoms with van der Waals surface area (Å²) in [5.74, 6) is -1.23. The van der Waals surface area contributed by atoms with Crippen LogP contribution in [0.5, 0.6) is 0 Å². The minimum atomic E-state index is -0.667. The molecule has 0 aliphatic carbocycles. The maximum absolute atomic E-state index is 13.1. The van der Waals surface area contributed by atoms with Crippen LogP contribution in [0.15, 0.2) is 24.0 Å². The van der Waals surface area contributed by atoms with Crippen LogP contribution in [0.1, 0.15) is 10.4 Å². The predicted octanol–water partition coefficient (Wildman–Crippen LogP) is 1.32. The molecule has 0 atom stereocenters. The van der Waals surface area contributed by atoms with Crippen molar-refractivity contribution in [2.24, 2.45) is 0 Å². The Hall–Kier alpha value is -1.89. The first-order valence-electron chi connectivity index (χ1n) is 3.94. The molecule has 1 N–H and O–H groups in total. The molecule has 76 valence electrons. The normalized spacial score (nSPS) is 9.93. The van der Waals surface area contributed by atoms with Crippen LogP contribution in [0.3, 0.4) is 0 Å². The van der Waals surface area contributed by atoms with E-state index in [9.17, 15) is 9.18 Å². The summed E-state index contributed by atoms with van der Waals surface area (Å²) in [6, 6.07) is 1.30. The third-order valence-electron chi connectivity index (χ3n) is 1.60. The molecule has 0 unspecified atom stereocenters. The SMILES string of the molecule is O=C(Nc1nncs1)c1ccncc1F. The summed E-state index contributed by atoms with van der Waals surface area (Å²) in [5.41, 5.74) is 1.40. The van der Waals surface area contributed by atoms with E-state index in [1.807, 2.05) is 0 Å². The summed E-state index contributed by atoms with van der Waals surface area (Å²) in [6.07, 6.45) is 2.33. The molecule has 2 aromatic heterocycles. The lowest BCUT2D eigenvalue weighted by molar-refractivity contribution is 0.102. The summed E-state index contributed by atoms with van der Waals surface area (Å²) >= 11 is 1.16. The fraction of sp³-hybridized carbons (Fsp3) is 0. The van der Waals surface area contributed by atoms with Gasteiger partial charge >= 0.3 is 0 Å². The van der Waals surface area contributed by atoms with Gasteiger partial charge in [-0.3, -0.25) is 15.1 Å². The number of hydrogen-bond donors (Lipinski definition) is 1. The summed E-state index contributed by atoms with van der Waals surface area (Å²) in [4.78, 5) is 15.0. The van der Waals surface area contributed by atoms with E-state index < -0.39 is 11.7 Å². The fourth-order valence-electron chi connectivity index (χ4n) is 0.951. The number of carbonyl (C=O) groups is 1. The number of rotatable bonds is 2. The lowest BCUT2D eigenvalue weighted by Gasteiger charge is -2.00. The van der Waals surface area contributed by atoms with Gasteiger partial charge in [-0.2, -0.15) is 0 Å². The van der Waals surface area contributed by atoms with Gasteiger partial charge in [0.15, 0.2) is 5.82 Å².